The van der Waals surface area contributed by atoms with Crippen LogP contribution in [0.1, 0.15) is 32.1 Å². The van der Waals surface area contributed by atoms with Crippen LogP contribution in [-0.4, -0.2) is 33.2 Å². The highest BCUT2D eigenvalue weighted by Crippen LogP contribution is 2.36. The predicted molar refractivity (Wildman–Crippen MR) is 56.5 cm³/mol. The minimum atomic E-state index is -0.963. The highest BCUT2D eigenvalue weighted by Gasteiger charge is 2.34. The number of rotatable bonds is 5. The van der Waals surface area contributed by atoms with Crippen molar-refractivity contribution in [3.05, 3.63) is 0 Å². The summed E-state index contributed by atoms with van der Waals surface area (Å²) in [6.07, 6.45) is 0.984. The van der Waals surface area contributed by atoms with Crippen LogP contribution in [0.4, 0.5) is 0 Å². The molecule has 1 aliphatic carbocycles. The lowest BCUT2D eigenvalue weighted by Crippen LogP contribution is -2.30. The molecule has 1 fully saturated rings. The highest BCUT2D eigenvalue weighted by molar-refractivity contribution is 5.71. The van der Waals surface area contributed by atoms with Crippen LogP contribution in [0.2, 0.25) is 0 Å². The summed E-state index contributed by atoms with van der Waals surface area (Å²) in [5.41, 5.74) is 0. The number of hydrogen-bond donors (Lipinski definition) is 3. The van der Waals surface area contributed by atoms with Crippen molar-refractivity contribution < 1.29 is 29.7 Å². The van der Waals surface area contributed by atoms with E-state index < -0.39 is 23.8 Å². The first kappa shape index (κ1) is 13.5. The standard InChI is InChI=1S/C11H16O6/c12-9(13)4-6-1-7(5-10(14)15)3-8(2-6)11(16)17/h6-8H,1-5H2,(H,12,13)(H,14,15)(H,16,17). The Labute approximate surface area is 98.3 Å². The van der Waals surface area contributed by atoms with Gasteiger partial charge in [-0.1, -0.05) is 0 Å². The van der Waals surface area contributed by atoms with Gasteiger partial charge in [0.1, 0.15) is 0 Å². The molecule has 6 nitrogen and oxygen atoms in total. The largest absolute Gasteiger partial charge is 0.481 e. The Morgan fingerprint density at radius 2 is 1.24 bits per heavy atom. The van der Waals surface area contributed by atoms with E-state index in [9.17, 15) is 14.4 Å². The van der Waals surface area contributed by atoms with Crippen molar-refractivity contribution in [2.45, 2.75) is 32.1 Å². The van der Waals surface area contributed by atoms with Crippen molar-refractivity contribution in [2.75, 3.05) is 0 Å². The fraction of sp³-hybridized carbons (Fsp3) is 0.727. The van der Waals surface area contributed by atoms with Crippen LogP contribution >= 0.6 is 0 Å². The third-order valence-corrected chi connectivity index (χ3v) is 3.18. The van der Waals surface area contributed by atoms with Crippen LogP contribution in [0.5, 0.6) is 0 Å². The van der Waals surface area contributed by atoms with Gasteiger partial charge in [0.25, 0.3) is 0 Å². The van der Waals surface area contributed by atoms with Crippen LogP contribution < -0.4 is 0 Å². The average molecular weight is 244 g/mol. The molecule has 0 bridgehead atoms. The van der Waals surface area contributed by atoms with E-state index in [2.05, 4.69) is 0 Å². The summed E-state index contributed by atoms with van der Waals surface area (Å²) in [6.45, 7) is 0. The van der Waals surface area contributed by atoms with Crippen molar-refractivity contribution in [1.82, 2.24) is 0 Å². The summed E-state index contributed by atoms with van der Waals surface area (Å²) in [5.74, 6) is -3.96. The van der Waals surface area contributed by atoms with Gasteiger partial charge in [0.05, 0.1) is 5.92 Å². The van der Waals surface area contributed by atoms with E-state index >= 15 is 0 Å². The van der Waals surface area contributed by atoms with E-state index in [0.717, 1.165) is 0 Å². The second kappa shape index (κ2) is 5.65. The molecule has 0 radical (unpaired) electrons. The Hall–Kier alpha value is -1.59. The highest BCUT2D eigenvalue weighted by atomic mass is 16.4. The number of carbonyl (C=O) groups is 3. The number of carboxylic acid groups (broad SMARTS) is 3. The van der Waals surface area contributed by atoms with E-state index in [1.807, 2.05) is 0 Å². The molecule has 0 amide bonds. The number of aliphatic carboxylic acids is 3. The molecule has 0 aromatic rings. The quantitative estimate of drug-likeness (QED) is 0.666. The normalized spacial score (nSPS) is 28.6. The maximum absolute atomic E-state index is 10.9. The molecule has 1 aliphatic rings. The van der Waals surface area contributed by atoms with Gasteiger partial charge in [-0.05, 0) is 31.1 Å². The van der Waals surface area contributed by atoms with Crippen LogP contribution in [0, 0.1) is 17.8 Å². The van der Waals surface area contributed by atoms with E-state index in [-0.39, 0.29) is 24.7 Å². The molecule has 1 rings (SSSR count). The Bertz CT molecular complexity index is 300. The van der Waals surface area contributed by atoms with Gasteiger partial charge in [-0.25, -0.2) is 0 Å². The first-order chi connectivity index (χ1) is 7.88. The Kier molecular flexibility index (Phi) is 4.48. The summed E-state index contributed by atoms with van der Waals surface area (Å²) in [6, 6.07) is 0. The van der Waals surface area contributed by atoms with Gasteiger partial charge in [0, 0.05) is 12.8 Å². The van der Waals surface area contributed by atoms with Crippen LogP contribution in [0.25, 0.3) is 0 Å². The number of hydrogen-bond acceptors (Lipinski definition) is 3. The maximum Gasteiger partial charge on any atom is 0.306 e. The maximum atomic E-state index is 10.9. The SMILES string of the molecule is O=C(O)CC1CC(CC(=O)O)CC(C(=O)O)C1. The predicted octanol–water partition coefficient (Wildman–Crippen LogP) is 1.05. The molecule has 2 atom stereocenters. The summed E-state index contributed by atoms with van der Waals surface area (Å²) in [4.78, 5) is 32.1. The van der Waals surface area contributed by atoms with Gasteiger partial charge in [-0.15, -0.1) is 0 Å². The second-order valence-corrected chi connectivity index (χ2v) is 4.67. The smallest absolute Gasteiger partial charge is 0.306 e. The van der Waals surface area contributed by atoms with Gasteiger partial charge in [0.15, 0.2) is 0 Å². The average Bonchev–Trinajstić information content (AvgIpc) is 2.14. The fourth-order valence-corrected chi connectivity index (χ4v) is 2.59. The van der Waals surface area contributed by atoms with Crippen LogP contribution in [0.15, 0.2) is 0 Å². The first-order valence-electron chi connectivity index (χ1n) is 5.54. The topological polar surface area (TPSA) is 112 Å². The van der Waals surface area contributed by atoms with Gasteiger partial charge in [0.2, 0.25) is 0 Å². The van der Waals surface area contributed by atoms with Gasteiger partial charge >= 0.3 is 17.9 Å². The molecule has 0 aromatic heterocycles. The zero-order valence-electron chi connectivity index (χ0n) is 9.33. The molecular weight excluding hydrogens is 228 g/mol. The monoisotopic (exact) mass is 244 g/mol. The van der Waals surface area contributed by atoms with E-state index in [4.69, 9.17) is 15.3 Å². The third kappa shape index (κ3) is 4.42. The van der Waals surface area contributed by atoms with Gasteiger partial charge in [-0.3, -0.25) is 14.4 Å². The minimum Gasteiger partial charge on any atom is -0.481 e. The fourth-order valence-electron chi connectivity index (χ4n) is 2.59. The molecule has 0 spiro atoms. The summed E-state index contributed by atoms with van der Waals surface area (Å²) in [7, 11) is 0. The van der Waals surface area contributed by atoms with Crippen molar-refractivity contribution in [2.24, 2.45) is 17.8 Å². The molecule has 96 valence electrons. The zero-order chi connectivity index (χ0) is 13.0. The lowest BCUT2D eigenvalue weighted by molar-refractivity contribution is -0.147. The van der Waals surface area contributed by atoms with Gasteiger partial charge in [-0.2, -0.15) is 0 Å². The summed E-state index contributed by atoms with van der Waals surface area (Å²) in [5, 5.41) is 26.3. The van der Waals surface area contributed by atoms with E-state index in [0.29, 0.717) is 19.3 Å². The van der Waals surface area contributed by atoms with Crippen molar-refractivity contribution in [3.63, 3.8) is 0 Å². The summed E-state index contributed by atoms with van der Waals surface area (Å²) >= 11 is 0. The Balaban J connectivity index is 2.65. The molecule has 0 aromatic carbocycles. The van der Waals surface area contributed by atoms with Crippen molar-refractivity contribution in [3.8, 4) is 0 Å². The molecule has 17 heavy (non-hydrogen) atoms. The third-order valence-electron chi connectivity index (χ3n) is 3.18. The second-order valence-electron chi connectivity index (χ2n) is 4.67. The first-order valence-corrected chi connectivity index (χ1v) is 5.54. The van der Waals surface area contributed by atoms with Crippen LogP contribution in [-0.2, 0) is 14.4 Å². The Morgan fingerprint density at radius 1 is 0.824 bits per heavy atom. The molecule has 1 saturated carbocycles. The van der Waals surface area contributed by atoms with Gasteiger partial charge < -0.3 is 15.3 Å². The molecule has 0 saturated heterocycles. The molecule has 3 N–H and O–H groups in total. The van der Waals surface area contributed by atoms with Crippen molar-refractivity contribution >= 4 is 17.9 Å². The molecular formula is C11H16O6. The summed E-state index contributed by atoms with van der Waals surface area (Å²) < 4.78 is 0. The van der Waals surface area contributed by atoms with E-state index in [1.165, 1.54) is 0 Å². The van der Waals surface area contributed by atoms with Crippen molar-refractivity contribution in [1.29, 1.82) is 0 Å². The molecule has 2 unspecified atom stereocenters. The minimum absolute atomic E-state index is 0.0834. The molecule has 0 aliphatic heterocycles. The zero-order valence-corrected chi connectivity index (χ0v) is 9.33. The molecule has 0 heterocycles. The van der Waals surface area contributed by atoms with Crippen LogP contribution in [0.3, 0.4) is 0 Å². The lowest BCUT2D eigenvalue weighted by Gasteiger charge is -2.31. The molecule has 6 heteroatoms. The van der Waals surface area contributed by atoms with E-state index in [1.54, 1.807) is 0 Å². The lowest BCUT2D eigenvalue weighted by atomic mass is 9.73. The number of carboxylic acids is 3. The Morgan fingerprint density at radius 3 is 1.53 bits per heavy atom.